The Morgan fingerprint density at radius 2 is 2.06 bits per heavy atom. The van der Waals surface area contributed by atoms with E-state index < -0.39 is 110 Å². The molecule has 3 amide bonds. The number of fused-ring (bicyclic) bond motifs is 1. The minimum atomic E-state index is -3.85. The quantitative estimate of drug-likeness (QED) is 0.631. The predicted octanol–water partition coefficient (Wildman–Crippen LogP) is 2.00. The van der Waals surface area contributed by atoms with Crippen molar-refractivity contribution in [2.45, 2.75) is 38.4 Å². The lowest BCUT2D eigenvalue weighted by Crippen LogP contribution is -2.52. The van der Waals surface area contributed by atoms with E-state index >= 15 is 4.39 Å². The fourth-order valence-corrected chi connectivity index (χ4v) is 3.19. The highest BCUT2D eigenvalue weighted by molar-refractivity contribution is 6.05. The van der Waals surface area contributed by atoms with Crippen molar-refractivity contribution in [3.05, 3.63) is 64.5 Å². The number of hydrogen-bond acceptors (Lipinski definition) is 6. The summed E-state index contributed by atoms with van der Waals surface area (Å²) in [5, 5.41) is 1.44. The molecule has 0 unspecified atom stereocenters. The number of nitrogens with one attached hydrogen (secondary N) is 1. The number of imide groups is 1. The summed E-state index contributed by atoms with van der Waals surface area (Å²) in [6.45, 7) is -21.0. The van der Waals surface area contributed by atoms with Crippen molar-refractivity contribution in [2.75, 3.05) is 26.1 Å². The molecular formula is C25H26FN3O5. The zero-order chi connectivity index (χ0) is 38.9. The fraction of sp³-hybridized carbons (Fsp3) is 0.400. The number of piperidine rings is 1. The van der Waals surface area contributed by atoms with Crippen molar-refractivity contribution in [3.8, 4) is 5.75 Å². The molecule has 2 fully saturated rings. The number of rotatable bonds is 6. The van der Waals surface area contributed by atoms with E-state index in [1.54, 1.807) is 0 Å². The van der Waals surface area contributed by atoms with Crippen molar-refractivity contribution < 1.29 is 51.6 Å². The van der Waals surface area contributed by atoms with Gasteiger partial charge in [0.15, 0.2) is 0 Å². The van der Waals surface area contributed by atoms with Crippen molar-refractivity contribution in [1.82, 2.24) is 15.1 Å². The average molecular weight is 485 g/mol. The zero-order valence-electron chi connectivity index (χ0n) is 34.0. The van der Waals surface area contributed by atoms with Crippen LogP contribution in [0.4, 0.5) is 4.39 Å². The minimum Gasteiger partial charge on any atom is -0.488 e. The standard InChI is InChI=1S/C25H26FN3O5/c26-20-12-16(13-28-8-10-33-11-9-28)4-5-17(20)15-34-22-3-1-2-18-19(22)14-29(25(18)32)21-6-7-23(30)27-24(21)31/h1-5,12,21H,6-11,13-15H2,(H,27,30,31)/t21-/m0/s1/i6D2,7D2,8D2,9D2,10D2,11D2,14D2,15D2,21D. The molecule has 0 aromatic heterocycles. The Bertz CT molecular complexity index is 1830. The molecule has 1 atom stereocenters. The molecule has 2 aromatic rings. The molecule has 0 aliphatic carbocycles. The molecule has 0 radical (unpaired) electrons. The Kier molecular flexibility index (Phi) is 2.84. The molecule has 3 heterocycles. The summed E-state index contributed by atoms with van der Waals surface area (Å²) in [5.74, 6) is -7.40. The first kappa shape index (κ1) is 10.1. The van der Waals surface area contributed by atoms with Gasteiger partial charge in [0.2, 0.25) is 11.8 Å². The van der Waals surface area contributed by atoms with Gasteiger partial charge >= 0.3 is 0 Å². The van der Waals surface area contributed by atoms with E-state index in [-0.39, 0.29) is 15.4 Å². The first-order chi connectivity index (χ1) is 22.8. The van der Waals surface area contributed by atoms with Crippen molar-refractivity contribution in [1.29, 1.82) is 0 Å². The third kappa shape index (κ3) is 4.53. The number of halogens is 1. The number of morpholine rings is 1. The SMILES string of the molecule is [2H]C([2H])(Oc1cccc2c1C([2H])([2H])N([C@]1([2H])C(=O)NC(=O)C([2H])([2H])C1([2H])[2H])C2=O)c1ccc(CN2C([2H])([2H])C([2H])([2H])OC([2H])([2H])C2([2H])[2H])cc1F. The van der Waals surface area contributed by atoms with Crippen LogP contribution in [0.25, 0.3) is 0 Å². The van der Waals surface area contributed by atoms with Crippen LogP contribution in [-0.2, 0) is 33.9 Å². The van der Waals surface area contributed by atoms with E-state index in [1.807, 2.05) is 0 Å². The summed E-state index contributed by atoms with van der Waals surface area (Å²) in [6.07, 6.45) is -7.48. The van der Waals surface area contributed by atoms with E-state index in [4.69, 9.17) is 28.0 Å². The van der Waals surface area contributed by atoms with Crippen LogP contribution in [0.5, 0.6) is 5.75 Å². The molecule has 0 spiro atoms. The molecule has 0 bridgehead atoms. The topological polar surface area (TPSA) is 88.2 Å². The summed E-state index contributed by atoms with van der Waals surface area (Å²) >= 11 is 0. The van der Waals surface area contributed by atoms with Gasteiger partial charge in [-0.05, 0) is 30.1 Å². The molecule has 3 aliphatic rings. The second-order valence-electron chi connectivity index (χ2n) is 6.95. The van der Waals surface area contributed by atoms with E-state index in [9.17, 15) is 14.4 Å². The van der Waals surface area contributed by atoms with Crippen molar-refractivity contribution in [2.24, 2.45) is 0 Å². The van der Waals surface area contributed by atoms with Gasteiger partial charge in [0.1, 0.15) is 24.1 Å². The average Bonchev–Trinajstić information content (AvgIpc) is 3.18. The lowest BCUT2D eigenvalue weighted by atomic mass is 10.0. The Labute approximate surface area is 220 Å². The highest BCUT2D eigenvalue weighted by atomic mass is 19.1. The summed E-state index contributed by atoms with van der Waals surface area (Å²) in [5.41, 5.74) is -2.71. The van der Waals surface area contributed by atoms with E-state index in [0.717, 1.165) is 30.3 Å². The van der Waals surface area contributed by atoms with Crippen molar-refractivity contribution in [3.63, 3.8) is 0 Å². The second-order valence-corrected chi connectivity index (χ2v) is 6.95. The Hall–Kier alpha value is -3.30. The van der Waals surface area contributed by atoms with Gasteiger partial charge in [-0.1, -0.05) is 18.2 Å². The van der Waals surface area contributed by atoms with Gasteiger partial charge in [-0.3, -0.25) is 24.6 Å². The number of nitrogens with zero attached hydrogens (tertiary/aromatic N) is 2. The Morgan fingerprint density at radius 1 is 1.24 bits per heavy atom. The number of ether oxygens (including phenoxy) is 2. The predicted molar refractivity (Wildman–Crippen MR) is 119 cm³/mol. The number of benzene rings is 2. The molecule has 2 aromatic carbocycles. The molecule has 8 nitrogen and oxygen atoms in total. The lowest BCUT2D eigenvalue weighted by molar-refractivity contribution is -0.136. The first-order valence-electron chi connectivity index (χ1n) is 18.1. The smallest absolute Gasteiger partial charge is 0.255 e. The maximum atomic E-state index is 15.6. The van der Waals surface area contributed by atoms with Gasteiger partial charge in [-0.2, -0.15) is 0 Å². The Balaban J connectivity index is 1.50. The summed E-state index contributed by atoms with van der Waals surface area (Å²) in [6, 6.07) is 1.53. The summed E-state index contributed by atoms with van der Waals surface area (Å²) in [4.78, 5) is 38.5. The molecule has 178 valence electrons. The van der Waals surface area contributed by atoms with Crippen LogP contribution in [-0.4, -0.2) is 59.7 Å². The number of hydrogen-bond donors (Lipinski definition) is 1. The monoisotopic (exact) mass is 484 g/mol. The van der Waals surface area contributed by atoms with Crippen LogP contribution in [0.3, 0.4) is 0 Å². The van der Waals surface area contributed by atoms with Gasteiger partial charge in [-0.25, -0.2) is 4.39 Å². The van der Waals surface area contributed by atoms with Crippen LogP contribution < -0.4 is 10.1 Å². The molecule has 2 saturated heterocycles. The molecular weight excluding hydrogens is 441 g/mol. The van der Waals surface area contributed by atoms with Crippen LogP contribution in [0.2, 0.25) is 0 Å². The third-order valence-electron chi connectivity index (χ3n) is 4.75. The van der Waals surface area contributed by atoms with Crippen molar-refractivity contribution >= 4 is 17.7 Å². The van der Waals surface area contributed by atoms with Crippen LogP contribution in [0.15, 0.2) is 36.4 Å². The number of carbonyl (C=O) groups is 3. The summed E-state index contributed by atoms with van der Waals surface area (Å²) < 4.78 is 164. The van der Waals surface area contributed by atoms with Gasteiger partial charge in [0.05, 0.1) is 32.0 Å². The minimum absolute atomic E-state index is 0.136. The molecule has 3 aliphatic heterocycles. The number of carbonyl (C=O) groups excluding carboxylic acids is 3. The maximum Gasteiger partial charge on any atom is 0.255 e. The zero-order valence-corrected chi connectivity index (χ0v) is 17.0. The van der Waals surface area contributed by atoms with Crippen LogP contribution in [0, 0.1) is 5.82 Å². The molecule has 5 rings (SSSR count). The van der Waals surface area contributed by atoms with Gasteiger partial charge in [-0.15, -0.1) is 0 Å². The number of amides is 3. The molecule has 0 saturated carbocycles. The van der Waals surface area contributed by atoms with Gasteiger partial charge < -0.3 is 14.4 Å². The fourth-order valence-electron chi connectivity index (χ4n) is 3.19. The highest BCUT2D eigenvalue weighted by Gasteiger charge is 2.40. The maximum absolute atomic E-state index is 15.6. The third-order valence-corrected chi connectivity index (χ3v) is 4.75. The largest absolute Gasteiger partial charge is 0.488 e. The normalized spacial score (nSPS) is 41.3. The van der Waals surface area contributed by atoms with E-state index in [0.29, 0.717) is 6.07 Å². The lowest BCUT2D eigenvalue weighted by Gasteiger charge is -2.29. The van der Waals surface area contributed by atoms with E-state index in [2.05, 4.69) is 4.74 Å². The molecule has 9 heteroatoms. The van der Waals surface area contributed by atoms with Crippen LogP contribution >= 0.6 is 0 Å². The highest BCUT2D eigenvalue weighted by Crippen LogP contribution is 2.34. The molecule has 34 heavy (non-hydrogen) atoms. The van der Waals surface area contributed by atoms with E-state index in [1.165, 1.54) is 5.32 Å². The first-order valence-corrected chi connectivity index (χ1v) is 9.64. The Morgan fingerprint density at radius 3 is 2.85 bits per heavy atom. The summed E-state index contributed by atoms with van der Waals surface area (Å²) in [7, 11) is 0. The molecule has 1 N–H and O–H groups in total. The van der Waals surface area contributed by atoms with Crippen LogP contribution in [0.1, 0.15) is 63.1 Å². The second kappa shape index (κ2) is 9.52. The van der Waals surface area contributed by atoms with Gasteiger partial charge in [0, 0.05) is 53.6 Å². The van der Waals surface area contributed by atoms with Gasteiger partial charge in [0.25, 0.3) is 5.91 Å².